The second-order valence-corrected chi connectivity index (χ2v) is 5.58. The van der Waals surface area contributed by atoms with Crippen LogP contribution in [0.3, 0.4) is 0 Å². The van der Waals surface area contributed by atoms with E-state index in [1.165, 1.54) is 10.5 Å². The van der Waals surface area contributed by atoms with Gasteiger partial charge in [0.25, 0.3) is 0 Å². The molecule has 0 spiro atoms. The molecule has 0 aliphatic heterocycles. The Morgan fingerprint density at radius 3 is 2.43 bits per heavy atom. The fraction of sp³-hybridized carbons (Fsp3) is 0.118. The zero-order chi connectivity index (χ0) is 14.5. The lowest BCUT2D eigenvalue weighted by Crippen LogP contribution is -2.00. The van der Waals surface area contributed by atoms with Crippen LogP contribution in [0.5, 0.6) is 0 Å². The first kappa shape index (κ1) is 13.8. The zero-order valence-corrected chi connectivity index (χ0v) is 12.7. The maximum absolute atomic E-state index is 4.23. The summed E-state index contributed by atoms with van der Waals surface area (Å²) in [4.78, 5) is 1.28. The lowest BCUT2D eigenvalue weighted by Gasteiger charge is -2.08. The first-order valence-electron chi connectivity index (χ1n) is 6.82. The van der Waals surface area contributed by atoms with Crippen molar-refractivity contribution >= 4 is 17.4 Å². The standard InChI is InChI=1S/C17H17N3S/c1-21-17-9-5-15(6-10-17)18-13-14-3-7-16(8-4-14)20-12-2-11-19-20/h2-12,18H,13H2,1H3. The van der Waals surface area contributed by atoms with E-state index in [-0.39, 0.29) is 0 Å². The zero-order valence-electron chi connectivity index (χ0n) is 11.9. The highest BCUT2D eigenvalue weighted by Crippen LogP contribution is 2.18. The van der Waals surface area contributed by atoms with Crippen LogP contribution in [0.15, 0.2) is 71.9 Å². The monoisotopic (exact) mass is 295 g/mol. The molecule has 0 saturated heterocycles. The van der Waals surface area contributed by atoms with Crippen molar-refractivity contribution in [2.45, 2.75) is 11.4 Å². The van der Waals surface area contributed by atoms with Crippen molar-refractivity contribution in [1.82, 2.24) is 9.78 Å². The second-order valence-electron chi connectivity index (χ2n) is 4.70. The minimum atomic E-state index is 0.817. The molecular weight excluding hydrogens is 278 g/mol. The maximum atomic E-state index is 4.23. The molecule has 1 heterocycles. The van der Waals surface area contributed by atoms with Gasteiger partial charge in [-0.2, -0.15) is 5.10 Å². The summed E-state index contributed by atoms with van der Waals surface area (Å²) < 4.78 is 1.86. The first-order valence-corrected chi connectivity index (χ1v) is 8.04. The van der Waals surface area contributed by atoms with Crippen molar-refractivity contribution in [2.75, 3.05) is 11.6 Å². The summed E-state index contributed by atoms with van der Waals surface area (Å²) in [6.45, 7) is 0.817. The number of nitrogens with zero attached hydrogens (tertiary/aromatic N) is 2. The summed E-state index contributed by atoms with van der Waals surface area (Å²) in [5.41, 5.74) is 3.47. The molecular formula is C17H17N3S. The normalized spacial score (nSPS) is 10.5. The van der Waals surface area contributed by atoms with Gasteiger partial charge in [-0.15, -0.1) is 11.8 Å². The van der Waals surface area contributed by atoms with Crippen LogP contribution in [0.2, 0.25) is 0 Å². The maximum Gasteiger partial charge on any atom is 0.0645 e. The fourth-order valence-electron chi connectivity index (χ4n) is 2.10. The predicted octanol–water partition coefficient (Wildman–Crippen LogP) is 4.21. The summed E-state index contributed by atoms with van der Waals surface area (Å²) in [7, 11) is 0. The minimum absolute atomic E-state index is 0.817. The molecule has 0 bridgehead atoms. The van der Waals surface area contributed by atoms with Crippen molar-refractivity contribution in [3.63, 3.8) is 0 Å². The Kier molecular flexibility index (Phi) is 4.26. The second kappa shape index (κ2) is 6.50. The molecule has 0 fully saturated rings. The Morgan fingerprint density at radius 2 is 1.81 bits per heavy atom. The molecule has 0 radical (unpaired) electrons. The number of hydrogen-bond acceptors (Lipinski definition) is 3. The Labute approximate surface area is 129 Å². The van der Waals surface area contributed by atoms with Gasteiger partial charge in [0.15, 0.2) is 0 Å². The average Bonchev–Trinajstić information content (AvgIpc) is 3.08. The van der Waals surface area contributed by atoms with Gasteiger partial charge in [0.05, 0.1) is 5.69 Å². The highest BCUT2D eigenvalue weighted by Gasteiger charge is 1.98. The summed E-state index contributed by atoms with van der Waals surface area (Å²) >= 11 is 1.76. The number of nitrogens with one attached hydrogen (secondary N) is 1. The van der Waals surface area contributed by atoms with E-state index >= 15 is 0 Å². The number of anilines is 1. The molecule has 0 atom stereocenters. The molecule has 4 heteroatoms. The number of hydrogen-bond donors (Lipinski definition) is 1. The van der Waals surface area contributed by atoms with Gasteiger partial charge in [0.1, 0.15) is 0 Å². The third-order valence-electron chi connectivity index (χ3n) is 3.29. The first-order chi connectivity index (χ1) is 10.3. The van der Waals surface area contributed by atoms with E-state index in [1.807, 2.05) is 16.9 Å². The Morgan fingerprint density at radius 1 is 1.05 bits per heavy atom. The van der Waals surface area contributed by atoms with Crippen LogP contribution in [0.1, 0.15) is 5.56 Å². The van der Waals surface area contributed by atoms with Crippen LogP contribution in [0, 0.1) is 0 Å². The van der Waals surface area contributed by atoms with Crippen LogP contribution < -0.4 is 5.32 Å². The molecule has 0 amide bonds. The summed E-state index contributed by atoms with van der Waals surface area (Å²) in [6.07, 6.45) is 5.82. The van der Waals surface area contributed by atoms with E-state index in [0.717, 1.165) is 17.9 Å². The van der Waals surface area contributed by atoms with Gasteiger partial charge in [-0.3, -0.25) is 0 Å². The summed E-state index contributed by atoms with van der Waals surface area (Å²) in [6, 6.07) is 18.8. The highest BCUT2D eigenvalue weighted by molar-refractivity contribution is 7.98. The lowest BCUT2D eigenvalue weighted by atomic mass is 10.2. The van der Waals surface area contributed by atoms with Crippen molar-refractivity contribution in [3.05, 3.63) is 72.6 Å². The molecule has 0 unspecified atom stereocenters. The molecule has 21 heavy (non-hydrogen) atoms. The Balaban J connectivity index is 1.62. The molecule has 3 aromatic rings. The van der Waals surface area contributed by atoms with Crippen molar-refractivity contribution < 1.29 is 0 Å². The van der Waals surface area contributed by atoms with Gasteiger partial charge >= 0.3 is 0 Å². The Hall–Kier alpha value is -2.20. The van der Waals surface area contributed by atoms with Gasteiger partial charge in [0, 0.05) is 29.5 Å². The molecule has 3 rings (SSSR count). The molecule has 2 aromatic carbocycles. The SMILES string of the molecule is CSc1ccc(NCc2ccc(-n3cccn3)cc2)cc1. The van der Waals surface area contributed by atoms with Crippen LogP contribution >= 0.6 is 11.8 Å². The molecule has 0 saturated carbocycles. The smallest absolute Gasteiger partial charge is 0.0645 e. The minimum Gasteiger partial charge on any atom is -0.381 e. The predicted molar refractivity (Wildman–Crippen MR) is 89.1 cm³/mol. The molecule has 0 aliphatic rings. The fourth-order valence-corrected chi connectivity index (χ4v) is 2.51. The van der Waals surface area contributed by atoms with E-state index < -0.39 is 0 Å². The summed E-state index contributed by atoms with van der Waals surface area (Å²) in [5, 5.41) is 7.66. The molecule has 3 nitrogen and oxygen atoms in total. The molecule has 1 aromatic heterocycles. The average molecular weight is 295 g/mol. The van der Waals surface area contributed by atoms with E-state index in [2.05, 4.69) is 65.2 Å². The topological polar surface area (TPSA) is 29.9 Å². The van der Waals surface area contributed by atoms with Crippen LogP contribution in [-0.2, 0) is 6.54 Å². The molecule has 1 N–H and O–H groups in total. The van der Waals surface area contributed by atoms with E-state index in [9.17, 15) is 0 Å². The number of rotatable bonds is 5. The van der Waals surface area contributed by atoms with Crippen molar-refractivity contribution in [2.24, 2.45) is 0 Å². The van der Waals surface area contributed by atoms with Gasteiger partial charge in [-0.1, -0.05) is 12.1 Å². The summed E-state index contributed by atoms with van der Waals surface area (Å²) in [5.74, 6) is 0. The van der Waals surface area contributed by atoms with Crippen molar-refractivity contribution in [1.29, 1.82) is 0 Å². The van der Waals surface area contributed by atoms with E-state index in [0.29, 0.717) is 0 Å². The number of aromatic nitrogens is 2. The molecule has 106 valence electrons. The molecule has 0 aliphatic carbocycles. The van der Waals surface area contributed by atoms with Crippen LogP contribution in [0.25, 0.3) is 5.69 Å². The highest BCUT2D eigenvalue weighted by atomic mass is 32.2. The van der Waals surface area contributed by atoms with Gasteiger partial charge in [0.2, 0.25) is 0 Å². The van der Waals surface area contributed by atoms with Crippen LogP contribution in [0.4, 0.5) is 5.69 Å². The van der Waals surface area contributed by atoms with E-state index in [1.54, 1.807) is 18.0 Å². The van der Waals surface area contributed by atoms with Gasteiger partial charge < -0.3 is 5.32 Å². The van der Waals surface area contributed by atoms with Crippen LogP contribution in [-0.4, -0.2) is 16.0 Å². The number of benzene rings is 2. The third-order valence-corrected chi connectivity index (χ3v) is 4.04. The third kappa shape index (κ3) is 3.47. The van der Waals surface area contributed by atoms with Gasteiger partial charge in [-0.05, 0) is 54.3 Å². The lowest BCUT2D eigenvalue weighted by molar-refractivity contribution is 0.879. The number of thioether (sulfide) groups is 1. The van der Waals surface area contributed by atoms with E-state index in [4.69, 9.17) is 0 Å². The van der Waals surface area contributed by atoms with Crippen molar-refractivity contribution in [3.8, 4) is 5.69 Å². The largest absolute Gasteiger partial charge is 0.381 e. The Bertz CT molecular complexity index is 673. The van der Waals surface area contributed by atoms with Gasteiger partial charge in [-0.25, -0.2) is 4.68 Å². The quantitative estimate of drug-likeness (QED) is 0.715.